The second-order valence-corrected chi connectivity index (χ2v) is 5.95. The first-order valence-corrected chi connectivity index (χ1v) is 6.85. The van der Waals surface area contributed by atoms with Gasteiger partial charge in [0.15, 0.2) is 0 Å². The Kier molecular flexibility index (Phi) is 4.42. The van der Waals surface area contributed by atoms with Crippen molar-refractivity contribution in [1.29, 1.82) is 0 Å². The molecular formula is C13H26N2O2. The van der Waals surface area contributed by atoms with Crippen LogP contribution >= 0.6 is 0 Å². The first-order chi connectivity index (χ1) is 8.12. The molecule has 100 valence electrons. The number of hydrogen-bond acceptors (Lipinski definition) is 4. The fraction of sp³-hybridized carbons (Fsp3) is 1.00. The van der Waals surface area contributed by atoms with Gasteiger partial charge >= 0.3 is 0 Å². The summed E-state index contributed by atoms with van der Waals surface area (Å²) in [7, 11) is 0. The van der Waals surface area contributed by atoms with Gasteiger partial charge in [-0.3, -0.25) is 0 Å². The van der Waals surface area contributed by atoms with Crippen molar-refractivity contribution in [3.63, 3.8) is 0 Å². The van der Waals surface area contributed by atoms with Crippen molar-refractivity contribution in [2.75, 3.05) is 20.0 Å². The van der Waals surface area contributed by atoms with Gasteiger partial charge < -0.3 is 20.9 Å². The van der Waals surface area contributed by atoms with E-state index >= 15 is 0 Å². The average molecular weight is 242 g/mol. The van der Waals surface area contributed by atoms with Crippen LogP contribution in [0, 0.1) is 0 Å². The van der Waals surface area contributed by atoms with Gasteiger partial charge in [-0.2, -0.15) is 0 Å². The number of rotatable bonds is 6. The van der Waals surface area contributed by atoms with Crippen LogP contribution in [0.1, 0.15) is 51.4 Å². The van der Waals surface area contributed by atoms with Crippen molar-refractivity contribution in [3.8, 4) is 0 Å². The summed E-state index contributed by atoms with van der Waals surface area (Å²) in [6, 6.07) is 0. The third-order valence-corrected chi connectivity index (χ3v) is 4.14. The van der Waals surface area contributed by atoms with Gasteiger partial charge in [0.25, 0.3) is 0 Å². The maximum absolute atomic E-state index is 6.18. The predicted octanol–water partition coefficient (Wildman–Crippen LogP) is 1.52. The van der Waals surface area contributed by atoms with Crippen LogP contribution in [0.4, 0.5) is 0 Å². The largest absolute Gasteiger partial charge is 0.354 e. The lowest BCUT2D eigenvalue weighted by molar-refractivity contribution is -0.0799. The maximum Gasteiger partial charge on any atom is 0.146 e. The molecule has 4 N–H and O–H groups in total. The van der Waals surface area contributed by atoms with E-state index in [1.54, 1.807) is 0 Å². The summed E-state index contributed by atoms with van der Waals surface area (Å²) in [5.74, 6) is 0. The zero-order chi connectivity index (χ0) is 12.2. The third kappa shape index (κ3) is 3.91. The fourth-order valence-electron chi connectivity index (χ4n) is 3.00. The van der Waals surface area contributed by atoms with Crippen molar-refractivity contribution in [3.05, 3.63) is 0 Å². The molecule has 0 aromatic heterocycles. The fourth-order valence-corrected chi connectivity index (χ4v) is 3.00. The third-order valence-electron chi connectivity index (χ3n) is 4.14. The van der Waals surface area contributed by atoms with Gasteiger partial charge in [0.1, 0.15) is 6.79 Å². The molecule has 0 unspecified atom stereocenters. The van der Waals surface area contributed by atoms with Crippen LogP contribution in [0.3, 0.4) is 0 Å². The van der Waals surface area contributed by atoms with E-state index in [1.807, 2.05) is 0 Å². The molecule has 0 radical (unpaired) electrons. The number of ether oxygens (including phenoxy) is 2. The lowest BCUT2D eigenvalue weighted by Crippen LogP contribution is -2.43. The van der Waals surface area contributed by atoms with Crippen molar-refractivity contribution in [2.45, 2.75) is 62.4 Å². The van der Waals surface area contributed by atoms with E-state index in [1.165, 1.54) is 25.7 Å². The predicted molar refractivity (Wildman–Crippen MR) is 67.5 cm³/mol. The average Bonchev–Trinajstić information content (AvgIpc) is 2.89. The molecule has 0 aromatic rings. The topological polar surface area (TPSA) is 70.5 Å². The van der Waals surface area contributed by atoms with Gasteiger partial charge in [-0.15, -0.1) is 0 Å². The summed E-state index contributed by atoms with van der Waals surface area (Å²) in [6.07, 6.45) is 9.22. The Hall–Kier alpha value is -0.160. The Labute approximate surface area is 104 Å². The molecule has 4 heteroatoms. The van der Waals surface area contributed by atoms with E-state index in [-0.39, 0.29) is 11.1 Å². The Morgan fingerprint density at radius 3 is 1.41 bits per heavy atom. The molecule has 2 rings (SSSR count). The monoisotopic (exact) mass is 242 g/mol. The maximum atomic E-state index is 6.18. The summed E-state index contributed by atoms with van der Waals surface area (Å²) < 4.78 is 11.0. The SMILES string of the molecule is NC1(COCOCC2(N)CCCC2)CCCC1. The molecule has 0 bridgehead atoms. The quantitative estimate of drug-likeness (QED) is 0.547. The lowest BCUT2D eigenvalue weighted by Gasteiger charge is -2.25. The molecule has 2 saturated carbocycles. The van der Waals surface area contributed by atoms with Crippen LogP contribution in [0.2, 0.25) is 0 Å². The Balaban J connectivity index is 1.54. The number of hydrogen-bond donors (Lipinski definition) is 2. The van der Waals surface area contributed by atoms with Crippen molar-refractivity contribution in [1.82, 2.24) is 0 Å². The summed E-state index contributed by atoms with van der Waals surface area (Å²) >= 11 is 0. The summed E-state index contributed by atoms with van der Waals surface area (Å²) in [4.78, 5) is 0. The summed E-state index contributed by atoms with van der Waals surface area (Å²) in [5.41, 5.74) is 12.2. The van der Waals surface area contributed by atoms with Gasteiger partial charge in [-0.25, -0.2) is 0 Å². The van der Waals surface area contributed by atoms with Gasteiger partial charge in [0.2, 0.25) is 0 Å². The minimum absolute atomic E-state index is 0.100. The highest BCUT2D eigenvalue weighted by molar-refractivity contribution is 4.89. The van der Waals surface area contributed by atoms with Crippen LogP contribution in [-0.2, 0) is 9.47 Å². The molecule has 0 saturated heterocycles. The van der Waals surface area contributed by atoms with Gasteiger partial charge in [-0.05, 0) is 25.7 Å². The van der Waals surface area contributed by atoms with Crippen molar-refractivity contribution < 1.29 is 9.47 Å². The number of nitrogens with two attached hydrogens (primary N) is 2. The molecule has 0 amide bonds. The van der Waals surface area contributed by atoms with Gasteiger partial charge in [-0.1, -0.05) is 25.7 Å². The molecule has 0 aliphatic heterocycles. The zero-order valence-electron chi connectivity index (χ0n) is 10.7. The first kappa shape index (κ1) is 13.3. The van der Waals surface area contributed by atoms with E-state index in [2.05, 4.69) is 0 Å². The summed E-state index contributed by atoms with van der Waals surface area (Å²) in [5, 5.41) is 0. The summed E-state index contributed by atoms with van der Waals surface area (Å²) in [6.45, 7) is 1.56. The molecule has 0 heterocycles. The van der Waals surface area contributed by atoms with E-state index < -0.39 is 0 Å². The Bertz CT molecular complexity index is 210. The molecule has 2 aliphatic carbocycles. The molecule has 0 atom stereocenters. The minimum Gasteiger partial charge on any atom is -0.354 e. The molecule has 17 heavy (non-hydrogen) atoms. The molecule has 0 aromatic carbocycles. The smallest absolute Gasteiger partial charge is 0.146 e. The highest BCUT2D eigenvalue weighted by Crippen LogP contribution is 2.28. The second kappa shape index (κ2) is 5.65. The molecular weight excluding hydrogens is 216 g/mol. The van der Waals surface area contributed by atoms with Crippen LogP contribution in [0.15, 0.2) is 0 Å². The van der Waals surface area contributed by atoms with E-state index in [9.17, 15) is 0 Å². The van der Waals surface area contributed by atoms with Crippen LogP contribution in [0.25, 0.3) is 0 Å². The minimum atomic E-state index is -0.100. The van der Waals surface area contributed by atoms with Gasteiger partial charge in [0.05, 0.1) is 13.2 Å². The normalized spacial score (nSPS) is 26.5. The highest BCUT2D eigenvalue weighted by atomic mass is 16.7. The standard InChI is InChI=1S/C13H26N2O2/c14-12(5-1-2-6-12)9-16-11-17-10-13(15)7-3-4-8-13/h1-11,14-15H2. The highest BCUT2D eigenvalue weighted by Gasteiger charge is 2.31. The van der Waals surface area contributed by atoms with E-state index in [4.69, 9.17) is 20.9 Å². The van der Waals surface area contributed by atoms with Crippen LogP contribution < -0.4 is 11.5 Å². The molecule has 2 fully saturated rings. The van der Waals surface area contributed by atoms with Crippen LogP contribution in [0.5, 0.6) is 0 Å². The van der Waals surface area contributed by atoms with Crippen molar-refractivity contribution >= 4 is 0 Å². The Morgan fingerprint density at radius 2 is 1.06 bits per heavy atom. The Morgan fingerprint density at radius 1 is 0.706 bits per heavy atom. The van der Waals surface area contributed by atoms with Crippen LogP contribution in [-0.4, -0.2) is 31.1 Å². The second-order valence-electron chi connectivity index (χ2n) is 5.95. The van der Waals surface area contributed by atoms with E-state index in [0.717, 1.165) is 25.7 Å². The first-order valence-electron chi connectivity index (χ1n) is 6.85. The lowest BCUT2D eigenvalue weighted by atomic mass is 10.0. The molecule has 0 spiro atoms. The van der Waals surface area contributed by atoms with Crippen molar-refractivity contribution in [2.24, 2.45) is 11.5 Å². The zero-order valence-corrected chi connectivity index (χ0v) is 10.7. The van der Waals surface area contributed by atoms with E-state index in [0.29, 0.717) is 20.0 Å². The molecule has 4 nitrogen and oxygen atoms in total. The molecule has 2 aliphatic rings. The van der Waals surface area contributed by atoms with Gasteiger partial charge in [0, 0.05) is 11.1 Å².